The Hall–Kier alpha value is -1.10. The molecular formula is C17H27ClN2O2. The first-order valence-electron chi connectivity index (χ1n) is 7.72. The van der Waals surface area contributed by atoms with Crippen molar-refractivity contribution in [2.45, 2.75) is 45.9 Å². The third-order valence-electron chi connectivity index (χ3n) is 4.04. The molecule has 1 saturated heterocycles. The van der Waals surface area contributed by atoms with Crippen LogP contribution in [0, 0.1) is 5.92 Å². The maximum Gasteiger partial charge on any atom is 0.254 e. The van der Waals surface area contributed by atoms with E-state index in [4.69, 9.17) is 10.5 Å². The van der Waals surface area contributed by atoms with E-state index in [2.05, 4.69) is 6.92 Å². The first-order chi connectivity index (χ1) is 10.0. The van der Waals surface area contributed by atoms with Crippen molar-refractivity contribution >= 4 is 18.3 Å². The maximum absolute atomic E-state index is 12.6. The average Bonchev–Trinajstić information content (AvgIpc) is 2.86. The van der Waals surface area contributed by atoms with Gasteiger partial charge in [0.1, 0.15) is 0 Å². The summed E-state index contributed by atoms with van der Waals surface area (Å²) in [5.41, 5.74) is 7.56. The van der Waals surface area contributed by atoms with E-state index >= 15 is 0 Å². The second kappa shape index (κ2) is 8.51. The number of benzene rings is 1. The van der Waals surface area contributed by atoms with Crippen molar-refractivity contribution in [3.05, 3.63) is 35.4 Å². The SMILES string of the molecule is CC(C)OCc1ccc(C(=O)N2CC(CN)CC2C)cc1.Cl. The van der Waals surface area contributed by atoms with Crippen molar-refractivity contribution in [3.8, 4) is 0 Å². The average molecular weight is 327 g/mol. The van der Waals surface area contributed by atoms with Crippen LogP contribution in [-0.2, 0) is 11.3 Å². The van der Waals surface area contributed by atoms with Crippen LogP contribution in [0.15, 0.2) is 24.3 Å². The van der Waals surface area contributed by atoms with Crippen LogP contribution >= 0.6 is 12.4 Å². The van der Waals surface area contributed by atoms with Crippen molar-refractivity contribution in [2.75, 3.05) is 13.1 Å². The molecule has 0 aliphatic carbocycles. The topological polar surface area (TPSA) is 55.6 Å². The molecule has 0 bridgehead atoms. The van der Waals surface area contributed by atoms with E-state index in [1.54, 1.807) is 0 Å². The Morgan fingerprint density at radius 2 is 2.00 bits per heavy atom. The molecule has 1 fully saturated rings. The third kappa shape index (κ3) is 4.70. The number of likely N-dealkylation sites (tertiary alicyclic amines) is 1. The molecule has 22 heavy (non-hydrogen) atoms. The van der Waals surface area contributed by atoms with Gasteiger partial charge in [0.25, 0.3) is 5.91 Å². The van der Waals surface area contributed by atoms with Gasteiger partial charge in [-0.3, -0.25) is 4.79 Å². The fourth-order valence-corrected chi connectivity index (χ4v) is 2.77. The number of nitrogens with two attached hydrogens (primary N) is 1. The highest BCUT2D eigenvalue weighted by molar-refractivity contribution is 5.94. The first kappa shape index (κ1) is 18.9. The van der Waals surface area contributed by atoms with Gasteiger partial charge in [-0.25, -0.2) is 0 Å². The minimum Gasteiger partial charge on any atom is -0.374 e. The summed E-state index contributed by atoms with van der Waals surface area (Å²) in [7, 11) is 0. The Kier molecular flexibility index (Phi) is 7.33. The normalized spacial score (nSPS) is 21.0. The fraction of sp³-hybridized carbons (Fsp3) is 0.588. The Bertz CT molecular complexity index is 476. The number of hydrogen-bond acceptors (Lipinski definition) is 3. The summed E-state index contributed by atoms with van der Waals surface area (Å²) in [5, 5.41) is 0. The van der Waals surface area contributed by atoms with Crippen LogP contribution in [-0.4, -0.2) is 36.0 Å². The van der Waals surface area contributed by atoms with Crippen molar-refractivity contribution in [1.29, 1.82) is 0 Å². The molecule has 1 aliphatic heterocycles. The van der Waals surface area contributed by atoms with E-state index < -0.39 is 0 Å². The first-order valence-corrected chi connectivity index (χ1v) is 7.72. The highest BCUT2D eigenvalue weighted by Crippen LogP contribution is 2.24. The number of amides is 1. The molecule has 1 heterocycles. The maximum atomic E-state index is 12.6. The Morgan fingerprint density at radius 3 is 2.50 bits per heavy atom. The van der Waals surface area contributed by atoms with E-state index in [-0.39, 0.29) is 30.5 Å². The van der Waals surface area contributed by atoms with Gasteiger partial charge in [0.15, 0.2) is 0 Å². The molecule has 2 atom stereocenters. The monoisotopic (exact) mass is 326 g/mol. The second-order valence-corrected chi connectivity index (χ2v) is 6.20. The number of carbonyl (C=O) groups is 1. The van der Waals surface area contributed by atoms with Crippen LogP contribution in [0.2, 0.25) is 0 Å². The largest absolute Gasteiger partial charge is 0.374 e. The van der Waals surface area contributed by atoms with E-state index in [9.17, 15) is 4.79 Å². The smallest absolute Gasteiger partial charge is 0.254 e. The molecule has 2 unspecified atom stereocenters. The summed E-state index contributed by atoms with van der Waals surface area (Å²) in [5.74, 6) is 0.539. The lowest BCUT2D eigenvalue weighted by atomic mass is 10.1. The fourth-order valence-electron chi connectivity index (χ4n) is 2.77. The number of carbonyl (C=O) groups excluding carboxylic acids is 1. The highest BCUT2D eigenvalue weighted by atomic mass is 35.5. The lowest BCUT2D eigenvalue weighted by Gasteiger charge is -2.21. The molecule has 1 aromatic rings. The number of ether oxygens (including phenoxy) is 1. The summed E-state index contributed by atoms with van der Waals surface area (Å²) in [6, 6.07) is 8.00. The molecule has 0 radical (unpaired) electrons. The van der Waals surface area contributed by atoms with Crippen LogP contribution < -0.4 is 5.73 Å². The van der Waals surface area contributed by atoms with E-state index in [1.165, 1.54) is 0 Å². The number of rotatable bonds is 5. The standard InChI is InChI=1S/C17H26N2O2.ClH/c1-12(2)21-11-14-4-6-16(7-5-14)17(20)19-10-15(9-18)8-13(19)3;/h4-7,12-13,15H,8-11,18H2,1-3H3;1H. The molecule has 1 aromatic carbocycles. The molecule has 124 valence electrons. The van der Waals surface area contributed by atoms with Gasteiger partial charge in [0.05, 0.1) is 12.7 Å². The molecule has 0 aromatic heterocycles. The van der Waals surface area contributed by atoms with Crippen molar-refractivity contribution in [3.63, 3.8) is 0 Å². The molecular weight excluding hydrogens is 300 g/mol. The van der Waals surface area contributed by atoms with E-state index in [1.807, 2.05) is 43.0 Å². The van der Waals surface area contributed by atoms with Gasteiger partial charge in [0, 0.05) is 18.2 Å². The molecule has 1 amide bonds. The second-order valence-electron chi connectivity index (χ2n) is 6.20. The van der Waals surface area contributed by atoms with Crippen LogP contribution in [0.4, 0.5) is 0 Å². The van der Waals surface area contributed by atoms with Gasteiger partial charge in [0.2, 0.25) is 0 Å². The third-order valence-corrected chi connectivity index (χ3v) is 4.04. The Balaban J connectivity index is 0.00000242. The summed E-state index contributed by atoms with van der Waals surface area (Å²) < 4.78 is 5.56. The summed E-state index contributed by atoms with van der Waals surface area (Å²) in [6.07, 6.45) is 1.22. The molecule has 0 spiro atoms. The number of halogens is 1. The Morgan fingerprint density at radius 1 is 1.36 bits per heavy atom. The lowest BCUT2D eigenvalue weighted by Crippen LogP contribution is -2.34. The predicted molar refractivity (Wildman–Crippen MR) is 91.3 cm³/mol. The van der Waals surface area contributed by atoms with Gasteiger partial charge in [-0.05, 0) is 57.4 Å². The zero-order valence-electron chi connectivity index (χ0n) is 13.6. The van der Waals surface area contributed by atoms with Crippen LogP contribution in [0.25, 0.3) is 0 Å². The van der Waals surface area contributed by atoms with Crippen LogP contribution in [0.1, 0.15) is 43.1 Å². The number of nitrogens with zero attached hydrogens (tertiary/aromatic N) is 1. The van der Waals surface area contributed by atoms with Gasteiger partial charge >= 0.3 is 0 Å². The number of hydrogen-bond donors (Lipinski definition) is 1. The quantitative estimate of drug-likeness (QED) is 0.905. The van der Waals surface area contributed by atoms with Gasteiger partial charge in [-0.2, -0.15) is 0 Å². The predicted octanol–water partition coefficient (Wildman–Crippen LogP) is 2.84. The van der Waals surface area contributed by atoms with Gasteiger partial charge in [-0.1, -0.05) is 12.1 Å². The molecule has 5 heteroatoms. The summed E-state index contributed by atoms with van der Waals surface area (Å²) in [6.45, 7) is 8.13. The van der Waals surface area contributed by atoms with Crippen LogP contribution in [0.5, 0.6) is 0 Å². The van der Waals surface area contributed by atoms with Crippen molar-refractivity contribution in [1.82, 2.24) is 4.90 Å². The highest BCUT2D eigenvalue weighted by Gasteiger charge is 2.31. The Labute approximate surface area is 139 Å². The zero-order chi connectivity index (χ0) is 15.4. The summed E-state index contributed by atoms with van der Waals surface area (Å²) in [4.78, 5) is 14.5. The summed E-state index contributed by atoms with van der Waals surface area (Å²) >= 11 is 0. The van der Waals surface area contributed by atoms with Crippen molar-refractivity contribution < 1.29 is 9.53 Å². The molecule has 2 N–H and O–H groups in total. The van der Waals surface area contributed by atoms with Gasteiger partial charge in [-0.15, -0.1) is 12.4 Å². The minimum absolute atomic E-state index is 0. The lowest BCUT2D eigenvalue weighted by molar-refractivity contribution is 0.0655. The minimum atomic E-state index is 0. The molecule has 4 nitrogen and oxygen atoms in total. The molecule has 2 rings (SSSR count). The zero-order valence-corrected chi connectivity index (χ0v) is 14.4. The van der Waals surface area contributed by atoms with E-state index in [0.29, 0.717) is 19.1 Å². The van der Waals surface area contributed by atoms with Crippen LogP contribution in [0.3, 0.4) is 0 Å². The van der Waals surface area contributed by atoms with E-state index in [0.717, 1.165) is 24.1 Å². The van der Waals surface area contributed by atoms with Crippen molar-refractivity contribution in [2.24, 2.45) is 11.7 Å². The van der Waals surface area contributed by atoms with Gasteiger partial charge < -0.3 is 15.4 Å². The molecule has 0 saturated carbocycles. The molecule has 1 aliphatic rings.